The van der Waals surface area contributed by atoms with Crippen LogP contribution in [0.15, 0.2) is 23.6 Å². The van der Waals surface area contributed by atoms with Crippen LogP contribution in [0.3, 0.4) is 0 Å². The lowest BCUT2D eigenvalue weighted by molar-refractivity contribution is -0.119. The van der Waals surface area contributed by atoms with Gasteiger partial charge in [0.05, 0.1) is 6.04 Å². The Hall–Kier alpha value is -1.10. The van der Waals surface area contributed by atoms with E-state index in [0.717, 1.165) is 11.7 Å². The van der Waals surface area contributed by atoms with E-state index in [0.29, 0.717) is 5.57 Å². The first-order valence-electron chi connectivity index (χ1n) is 4.06. The lowest BCUT2D eigenvalue weighted by Gasteiger charge is -2.11. The van der Waals surface area contributed by atoms with Crippen LogP contribution in [0.5, 0.6) is 0 Å². The van der Waals surface area contributed by atoms with E-state index in [-0.39, 0.29) is 11.9 Å². The average Bonchev–Trinajstić information content (AvgIpc) is 1.97. The van der Waals surface area contributed by atoms with Gasteiger partial charge in [0.1, 0.15) is 0 Å². The molecule has 0 bridgehead atoms. The number of hydrogen-bond acceptors (Lipinski definition) is 3. The van der Waals surface area contributed by atoms with Crippen LogP contribution >= 0.6 is 0 Å². The van der Waals surface area contributed by atoms with Crippen molar-refractivity contribution >= 4 is 15.7 Å². The number of nitrogens with one attached hydrogen (secondary N) is 1. The molecule has 1 amide bonds. The van der Waals surface area contributed by atoms with Gasteiger partial charge < -0.3 is 5.32 Å². The average molecular weight is 217 g/mol. The summed E-state index contributed by atoms with van der Waals surface area (Å²) in [6, 6.07) is -0.259. The van der Waals surface area contributed by atoms with Crippen LogP contribution in [0.25, 0.3) is 0 Å². The molecular formula is C9H15NO3S. The second-order valence-corrected chi connectivity index (χ2v) is 5.06. The molecule has 80 valence electrons. The molecule has 0 unspecified atom stereocenters. The Morgan fingerprint density at radius 3 is 2.36 bits per heavy atom. The van der Waals surface area contributed by atoms with Gasteiger partial charge in [0.25, 0.3) is 0 Å². The Morgan fingerprint density at radius 1 is 1.50 bits per heavy atom. The van der Waals surface area contributed by atoms with Gasteiger partial charge in [-0.05, 0) is 18.6 Å². The summed E-state index contributed by atoms with van der Waals surface area (Å²) in [5.74, 6) is -0.175. The molecule has 0 rings (SSSR count). The Morgan fingerprint density at radius 2 is 2.00 bits per heavy atom. The molecule has 0 aromatic rings. The molecule has 1 N–H and O–H groups in total. The molecule has 0 aliphatic heterocycles. The Balaban J connectivity index is 4.36. The second-order valence-electron chi connectivity index (χ2n) is 3.13. The number of amides is 1. The van der Waals surface area contributed by atoms with Gasteiger partial charge in [0, 0.05) is 18.6 Å². The van der Waals surface area contributed by atoms with E-state index in [2.05, 4.69) is 11.9 Å². The third-order valence-electron chi connectivity index (χ3n) is 1.51. The van der Waals surface area contributed by atoms with E-state index in [1.165, 1.54) is 13.0 Å². The summed E-state index contributed by atoms with van der Waals surface area (Å²) < 4.78 is 21.5. The van der Waals surface area contributed by atoms with Gasteiger partial charge in [-0.25, -0.2) is 8.42 Å². The fourth-order valence-corrected chi connectivity index (χ4v) is 1.17. The molecule has 0 saturated heterocycles. The van der Waals surface area contributed by atoms with Crippen molar-refractivity contribution in [3.8, 4) is 0 Å². The molecule has 0 aromatic carbocycles. The molecule has 4 nitrogen and oxygen atoms in total. The van der Waals surface area contributed by atoms with Gasteiger partial charge in [-0.2, -0.15) is 0 Å². The first kappa shape index (κ1) is 12.9. The lowest BCUT2D eigenvalue weighted by Crippen LogP contribution is -2.31. The quantitative estimate of drug-likeness (QED) is 0.702. The third kappa shape index (κ3) is 6.42. The number of sulfone groups is 1. The highest BCUT2D eigenvalue weighted by molar-refractivity contribution is 7.93. The van der Waals surface area contributed by atoms with Crippen LogP contribution in [0.2, 0.25) is 0 Å². The van der Waals surface area contributed by atoms with Crippen LogP contribution in [0.1, 0.15) is 13.8 Å². The standard InChI is InChI=1S/C9H15NO3S/c1-7(5-6-14(4,12)13)8(2)10-9(3)11/h5-6,8H,1H2,2-4H3,(H,10,11)/b6-5+/t8-/m0/s1. The molecule has 0 aliphatic carbocycles. The predicted molar refractivity (Wildman–Crippen MR) is 56.4 cm³/mol. The molecule has 0 saturated carbocycles. The highest BCUT2D eigenvalue weighted by Gasteiger charge is 2.05. The summed E-state index contributed by atoms with van der Waals surface area (Å²) in [6.45, 7) is 6.77. The van der Waals surface area contributed by atoms with Gasteiger partial charge in [-0.1, -0.05) is 6.58 Å². The highest BCUT2D eigenvalue weighted by atomic mass is 32.2. The van der Waals surface area contributed by atoms with Gasteiger partial charge in [-0.3, -0.25) is 4.79 Å². The summed E-state index contributed by atoms with van der Waals surface area (Å²) in [5.41, 5.74) is 0.547. The van der Waals surface area contributed by atoms with Crippen LogP contribution in [0.4, 0.5) is 0 Å². The number of hydrogen-bond donors (Lipinski definition) is 1. The molecule has 1 atom stereocenters. The van der Waals surface area contributed by atoms with Gasteiger partial charge in [-0.15, -0.1) is 0 Å². The topological polar surface area (TPSA) is 63.2 Å². The minimum atomic E-state index is -3.14. The predicted octanol–water partition coefficient (Wildman–Crippen LogP) is 0.625. The molecule has 0 aliphatic rings. The van der Waals surface area contributed by atoms with Crippen LogP contribution in [-0.4, -0.2) is 26.6 Å². The largest absolute Gasteiger partial charge is 0.350 e. The van der Waals surface area contributed by atoms with E-state index >= 15 is 0 Å². The molecular weight excluding hydrogens is 202 g/mol. The molecule has 0 aromatic heterocycles. The van der Waals surface area contributed by atoms with Crippen molar-refractivity contribution < 1.29 is 13.2 Å². The summed E-state index contributed by atoms with van der Waals surface area (Å²) in [5, 5.41) is 3.66. The molecule has 0 radical (unpaired) electrons. The lowest BCUT2D eigenvalue weighted by atomic mass is 10.1. The van der Waals surface area contributed by atoms with Crippen LogP contribution in [-0.2, 0) is 14.6 Å². The minimum Gasteiger partial charge on any atom is -0.350 e. The fraction of sp³-hybridized carbons (Fsp3) is 0.444. The van der Waals surface area contributed by atoms with Crippen molar-refractivity contribution in [2.75, 3.05) is 6.26 Å². The molecule has 0 heterocycles. The summed E-state index contributed by atoms with van der Waals surface area (Å²) in [4.78, 5) is 10.7. The van der Waals surface area contributed by atoms with Gasteiger partial charge >= 0.3 is 0 Å². The summed E-state index contributed by atoms with van der Waals surface area (Å²) >= 11 is 0. The van der Waals surface area contributed by atoms with Gasteiger partial charge in [0.2, 0.25) is 5.91 Å². The molecule has 0 spiro atoms. The zero-order valence-corrected chi connectivity index (χ0v) is 9.39. The van der Waals surface area contributed by atoms with Crippen molar-refractivity contribution in [1.29, 1.82) is 0 Å². The number of carbonyl (C=O) groups is 1. The number of rotatable bonds is 4. The molecule has 14 heavy (non-hydrogen) atoms. The van der Waals surface area contributed by atoms with E-state index in [1.54, 1.807) is 6.92 Å². The van der Waals surface area contributed by atoms with Crippen molar-refractivity contribution in [2.45, 2.75) is 19.9 Å². The highest BCUT2D eigenvalue weighted by Crippen LogP contribution is 2.02. The van der Waals surface area contributed by atoms with Crippen molar-refractivity contribution in [2.24, 2.45) is 0 Å². The first-order chi connectivity index (χ1) is 6.22. The van der Waals surface area contributed by atoms with Crippen LogP contribution < -0.4 is 5.32 Å². The Bertz CT molecular complexity index is 354. The van der Waals surface area contributed by atoms with Crippen molar-refractivity contribution in [3.05, 3.63) is 23.6 Å². The van der Waals surface area contributed by atoms with Crippen LogP contribution in [0, 0.1) is 0 Å². The maximum Gasteiger partial charge on any atom is 0.217 e. The SMILES string of the molecule is C=C(/C=C/S(C)(=O)=O)[C@H](C)NC(C)=O. The van der Waals surface area contributed by atoms with Gasteiger partial charge in [0.15, 0.2) is 9.84 Å². The zero-order valence-electron chi connectivity index (χ0n) is 8.57. The second kappa shape index (κ2) is 4.95. The first-order valence-corrected chi connectivity index (χ1v) is 6.02. The maximum atomic E-state index is 10.8. The number of carbonyl (C=O) groups excluding carboxylic acids is 1. The normalized spacial score (nSPS) is 13.9. The monoisotopic (exact) mass is 217 g/mol. The maximum absolute atomic E-state index is 10.8. The van der Waals surface area contributed by atoms with E-state index in [4.69, 9.17) is 0 Å². The van der Waals surface area contributed by atoms with Crippen molar-refractivity contribution in [3.63, 3.8) is 0 Å². The molecule has 0 fully saturated rings. The van der Waals surface area contributed by atoms with Crippen molar-refractivity contribution in [1.82, 2.24) is 5.32 Å². The van der Waals surface area contributed by atoms with E-state index < -0.39 is 9.84 Å². The third-order valence-corrected chi connectivity index (χ3v) is 2.14. The zero-order chi connectivity index (χ0) is 11.4. The van der Waals surface area contributed by atoms with E-state index in [9.17, 15) is 13.2 Å². The Kier molecular flexibility index (Phi) is 4.56. The molecule has 5 heteroatoms. The fourth-order valence-electron chi connectivity index (χ4n) is 0.753. The Labute approximate surface area is 84.6 Å². The minimum absolute atomic E-state index is 0.175. The summed E-state index contributed by atoms with van der Waals surface area (Å²) in [7, 11) is -3.14. The summed E-state index contributed by atoms with van der Waals surface area (Å²) in [6.07, 6.45) is 2.48. The smallest absolute Gasteiger partial charge is 0.217 e. The van der Waals surface area contributed by atoms with E-state index in [1.807, 2.05) is 0 Å².